The molecule has 0 atom stereocenters. The number of unbranched alkanes of at least 4 members (excludes halogenated alkanes) is 18. The van der Waals surface area contributed by atoms with Crippen molar-refractivity contribution in [1.82, 2.24) is 0 Å². The molecule has 0 aliphatic rings. The molecular formula is C44H90N3O6+3. The molecule has 0 radical (unpaired) electrons. The van der Waals surface area contributed by atoms with Crippen LogP contribution >= 0.6 is 0 Å². The monoisotopic (exact) mass is 757 g/mol. The first kappa shape index (κ1) is 51.3. The lowest BCUT2D eigenvalue weighted by atomic mass is 10.1. The first-order valence-corrected chi connectivity index (χ1v) is 22.2. The molecule has 0 aromatic carbocycles. The predicted molar refractivity (Wildman–Crippen MR) is 221 cm³/mol. The largest absolute Gasteiger partial charge is 0.462 e. The Balaban J connectivity index is 4.90. The quantitative estimate of drug-likeness (QED) is 0.0271. The van der Waals surface area contributed by atoms with Crippen molar-refractivity contribution in [2.75, 3.05) is 101 Å². The van der Waals surface area contributed by atoms with Crippen molar-refractivity contribution < 1.29 is 42.0 Å². The molecule has 0 spiro atoms. The maximum Gasteiger partial charge on any atom is 0.361 e. The summed E-state index contributed by atoms with van der Waals surface area (Å²) in [5, 5.41) is 0. The van der Waals surface area contributed by atoms with E-state index in [4.69, 9.17) is 14.2 Å². The number of rotatable bonds is 38. The summed E-state index contributed by atoms with van der Waals surface area (Å²) in [5.74, 6) is -0.398. The molecule has 0 aliphatic carbocycles. The van der Waals surface area contributed by atoms with Crippen LogP contribution in [-0.4, -0.2) is 132 Å². The van der Waals surface area contributed by atoms with Gasteiger partial charge in [0.2, 0.25) is 0 Å². The molecule has 53 heavy (non-hydrogen) atoms. The van der Waals surface area contributed by atoms with Crippen LogP contribution in [0.15, 0.2) is 0 Å². The Hall–Kier alpha value is -1.71. The van der Waals surface area contributed by atoms with E-state index in [-0.39, 0.29) is 17.9 Å². The molecule has 0 bridgehead atoms. The number of carbonyl (C=O) groups excluding carboxylic acids is 3. The average Bonchev–Trinajstić information content (AvgIpc) is 3.07. The molecule has 0 unspecified atom stereocenters. The summed E-state index contributed by atoms with van der Waals surface area (Å²) < 4.78 is 18.6. The highest BCUT2D eigenvalue weighted by Crippen LogP contribution is 2.14. The standard InChI is InChI=1S/C44H90N3O6/c1-9-12-15-18-21-24-27-36-51-42(48)39-45(4,5)32-30-34-47(8,41-44(50)53-38-29-26-23-20-17-14-11-3)35-31-33-46(6,7)40-43(49)52-37-28-25-22-19-16-13-10-2/h9-41H2,1-8H3/q+3. The Bertz CT molecular complexity index is 858. The minimum Gasteiger partial charge on any atom is -0.462 e. The summed E-state index contributed by atoms with van der Waals surface area (Å²) in [6.45, 7) is 12.5. The number of ether oxygens (including phenoxy) is 3. The molecule has 0 rings (SSSR count). The van der Waals surface area contributed by atoms with Crippen LogP contribution in [0.5, 0.6) is 0 Å². The van der Waals surface area contributed by atoms with Gasteiger partial charge in [0.15, 0.2) is 19.6 Å². The third kappa shape index (κ3) is 33.4. The van der Waals surface area contributed by atoms with E-state index in [0.29, 0.717) is 52.9 Å². The number of esters is 3. The van der Waals surface area contributed by atoms with Crippen LogP contribution in [0.25, 0.3) is 0 Å². The topological polar surface area (TPSA) is 78.9 Å². The normalized spacial score (nSPS) is 12.2. The van der Waals surface area contributed by atoms with Gasteiger partial charge in [0.1, 0.15) is 0 Å². The minimum atomic E-state index is -0.135. The first-order chi connectivity index (χ1) is 25.3. The molecule has 0 aliphatic heterocycles. The zero-order valence-corrected chi connectivity index (χ0v) is 36.6. The lowest BCUT2D eigenvalue weighted by Crippen LogP contribution is -2.53. The second-order valence-corrected chi connectivity index (χ2v) is 17.6. The van der Waals surface area contributed by atoms with Crippen LogP contribution in [-0.2, 0) is 28.6 Å². The third-order valence-electron chi connectivity index (χ3n) is 10.6. The molecule has 9 heteroatoms. The van der Waals surface area contributed by atoms with Gasteiger partial charge in [-0.2, -0.15) is 0 Å². The Morgan fingerprint density at radius 3 is 0.906 bits per heavy atom. The number of likely N-dealkylation sites (N-methyl/N-ethyl adjacent to an activating group) is 3. The van der Waals surface area contributed by atoms with Crippen LogP contribution < -0.4 is 0 Å². The van der Waals surface area contributed by atoms with Gasteiger partial charge in [-0.25, -0.2) is 14.4 Å². The van der Waals surface area contributed by atoms with Crippen LogP contribution in [0, 0.1) is 0 Å². The van der Waals surface area contributed by atoms with Gasteiger partial charge in [-0.1, -0.05) is 136 Å². The summed E-state index contributed by atoms with van der Waals surface area (Å²) in [6.07, 6.45) is 26.9. The van der Waals surface area contributed by atoms with Gasteiger partial charge < -0.3 is 27.7 Å². The third-order valence-corrected chi connectivity index (χ3v) is 10.6. The molecule has 0 saturated heterocycles. The maximum atomic E-state index is 13.1. The van der Waals surface area contributed by atoms with Gasteiger partial charge in [-0.05, 0) is 19.3 Å². The highest BCUT2D eigenvalue weighted by molar-refractivity contribution is 5.71. The highest BCUT2D eigenvalue weighted by atomic mass is 16.5. The lowest BCUT2D eigenvalue weighted by molar-refractivity contribution is -0.921. The van der Waals surface area contributed by atoms with Crippen molar-refractivity contribution in [2.45, 2.75) is 168 Å². The molecular weight excluding hydrogens is 666 g/mol. The van der Waals surface area contributed by atoms with E-state index in [0.717, 1.165) is 77.5 Å². The fraction of sp³-hybridized carbons (Fsp3) is 0.932. The van der Waals surface area contributed by atoms with E-state index in [1.807, 2.05) is 0 Å². The summed E-state index contributed by atoms with van der Waals surface area (Å²) in [6, 6.07) is 0. The van der Waals surface area contributed by atoms with Crippen molar-refractivity contribution in [1.29, 1.82) is 0 Å². The van der Waals surface area contributed by atoms with E-state index in [9.17, 15) is 14.4 Å². The molecule has 0 heterocycles. The Kier molecular flexibility index (Phi) is 31.5. The number of hydrogen-bond donors (Lipinski definition) is 0. The summed E-state index contributed by atoms with van der Waals surface area (Å²) >= 11 is 0. The van der Waals surface area contributed by atoms with Gasteiger partial charge in [-0.3, -0.25) is 0 Å². The van der Waals surface area contributed by atoms with Crippen LogP contribution in [0.1, 0.15) is 168 Å². The lowest BCUT2D eigenvalue weighted by Gasteiger charge is -2.36. The molecule has 314 valence electrons. The Morgan fingerprint density at radius 2 is 0.604 bits per heavy atom. The Morgan fingerprint density at radius 1 is 0.340 bits per heavy atom. The van der Waals surface area contributed by atoms with E-state index < -0.39 is 0 Å². The zero-order chi connectivity index (χ0) is 39.7. The Labute approximate surface area is 328 Å². The average molecular weight is 757 g/mol. The van der Waals surface area contributed by atoms with Gasteiger partial charge >= 0.3 is 17.9 Å². The second-order valence-electron chi connectivity index (χ2n) is 17.6. The summed E-state index contributed by atoms with van der Waals surface area (Å²) in [4.78, 5) is 38.4. The summed E-state index contributed by atoms with van der Waals surface area (Å²) in [5.41, 5.74) is 0. The number of nitrogens with zero attached hydrogens (tertiary/aromatic N) is 3. The van der Waals surface area contributed by atoms with Crippen molar-refractivity contribution in [2.24, 2.45) is 0 Å². The van der Waals surface area contributed by atoms with Crippen molar-refractivity contribution in [3.8, 4) is 0 Å². The number of carbonyl (C=O) groups is 3. The van der Waals surface area contributed by atoms with Gasteiger partial charge in [0.25, 0.3) is 0 Å². The molecule has 0 fully saturated rings. The molecule has 0 aromatic rings. The second kappa shape index (κ2) is 32.5. The van der Waals surface area contributed by atoms with Crippen LogP contribution in [0.3, 0.4) is 0 Å². The first-order valence-electron chi connectivity index (χ1n) is 22.2. The van der Waals surface area contributed by atoms with E-state index in [1.165, 1.54) is 96.3 Å². The van der Waals surface area contributed by atoms with Gasteiger partial charge in [0.05, 0.1) is 81.2 Å². The van der Waals surface area contributed by atoms with E-state index >= 15 is 0 Å². The molecule has 0 N–H and O–H groups in total. The fourth-order valence-corrected chi connectivity index (χ4v) is 7.07. The van der Waals surface area contributed by atoms with E-state index in [1.54, 1.807) is 0 Å². The summed E-state index contributed by atoms with van der Waals surface area (Å²) in [7, 11) is 10.5. The smallest absolute Gasteiger partial charge is 0.361 e. The zero-order valence-electron chi connectivity index (χ0n) is 36.6. The molecule has 0 aromatic heterocycles. The van der Waals surface area contributed by atoms with Crippen molar-refractivity contribution >= 4 is 17.9 Å². The number of hydrogen-bond acceptors (Lipinski definition) is 6. The van der Waals surface area contributed by atoms with E-state index in [2.05, 4.69) is 56.0 Å². The number of quaternary nitrogens is 3. The molecule has 0 amide bonds. The van der Waals surface area contributed by atoms with Crippen molar-refractivity contribution in [3.63, 3.8) is 0 Å². The minimum absolute atomic E-state index is 0.131. The molecule has 0 saturated carbocycles. The highest BCUT2D eigenvalue weighted by Gasteiger charge is 2.30. The van der Waals surface area contributed by atoms with Crippen molar-refractivity contribution in [3.05, 3.63) is 0 Å². The SMILES string of the molecule is CCCCCCCCCOC(=O)C[N+](C)(C)CCC[N+](C)(CCC[N+](C)(C)CC(=O)OCCCCCCCCC)CC(=O)OCCCCCCCCC. The van der Waals surface area contributed by atoms with Gasteiger partial charge in [-0.15, -0.1) is 0 Å². The van der Waals surface area contributed by atoms with Crippen LogP contribution in [0.2, 0.25) is 0 Å². The molecule has 9 nitrogen and oxygen atoms in total. The predicted octanol–water partition coefficient (Wildman–Crippen LogP) is 9.25. The van der Waals surface area contributed by atoms with Crippen LogP contribution in [0.4, 0.5) is 0 Å². The fourth-order valence-electron chi connectivity index (χ4n) is 7.07. The van der Waals surface area contributed by atoms with Gasteiger partial charge in [0, 0.05) is 12.8 Å². The maximum absolute atomic E-state index is 13.1.